The Morgan fingerprint density at radius 1 is 1.33 bits per heavy atom. The van der Waals surface area contributed by atoms with Crippen molar-refractivity contribution in [2.75, 3.05) is 6.61 Å². The summed E-state index contributed by atoms with van der Waals surface area (Å²) in [4.78, 5) is 26.4. The number of fused-ring (bicyclic) bond motifs is 1. The first kappa shape index (κ1) is 15.5. The van der Waals surface area contributed by atoms with Crippen molar-refractivity contribution < 1.29 is 20.4 Å². The van der Waals surface area contributed by atoms with E-state index in [1.54, 1.807) is 29.2 Å². The zero-order valence-electron chi connectivity index (χ0n) is 15.6. The van der Waals surface area contributed by atoms with E-state index in [0.29, 0.717) is 5.56 Å². The first-order valence-corrected chi connectivity index (χ1v) is 8.29. The van der Waals surface area contributed by atoms with E-state index in [2.05, 4.69) is 0 Å². The van der Waals surface area contributed by atoms with Crippen molar-refractivity contribution in [1.82, 2.24) is 4.90 Å². The Kier molecular flexibility index (Phi) is 3.74. The number of nitrogens with zero attached hydrogens (tertiary/aromatic N) is 1. The first-order valence-electron chi connectivity index (χ1n) is 8.87. The van der Waals surface area contributed by atoms with Crippen LogP contribution in [-0.4, -0.2) is 41.3 Å². The van der Waals surface area contributed by atoms with Crippen LogP contribution in [0.4, 0.5) is 4.79 Å². The fourth-order valence-corrected chi connectivity index (χ4v) is 3.23. The van der Waals surface area contributed by atoms with Gasteiger partial charge in [0, 0.05) is 7.41 Å². The average Bonchev–Trinajstić information content (AvgIpc) is 3.16. The largest absolute Gasteiger partial charge is 0.460 e. The molecule has 1 amide bonds. The minimum Gasteiger partial charge on any atom is -0.460 e. The molecule has 1 aliphatic heterocycles. The maximum Gasteiger partial charge on any atom is 0.410 e. The predicted octanol–water partition coefficient (Wildman–Crippen LogP) is 3.63. The topological polar surface area (TPSA) is 55.8 Å². The SMILES string of the molecule is [2H][C@H]1C(COC(=O)c2ccccc2)N(C(=O)OC(C)(C)C)[C@@H]2C[C@]12C. The van der Waals surface area contributed by atoms with E-state index in [1.165, 1.54) is 0 Å². The number of benzene rings is 1. The van der Waals surface area contributed by atoms with E-state index in [9.17, 15) is 9.59 Å². The van der Waals surface area contributed by atoms with Crippen LogP contribution in [0, 0.1) is 5.41 Å². The van der Waals surface area contributed by atoms with Crippen LogP contribution in [0.25, 0.3) is 0 Å². The summed E-state index contributed by atoms with van der Waals surface area (Å²) < 4.78 is 19.4. The molecule has 1 saturated heterocycles. The molecule has 130 valence electrons. The highest BCUT2D eigenvalue weighted by atomic mass is 16.6. The van der Waals surface area contributed by atoms with Crippen molar-refractivity contribution in [1.29, 1.82) is 0 Å². The van der Waals surface area contributed by atoms with Crippen molar-refractivity contribution >= 4 is 12.1 Å². The van der Waals surface area contributed by atoms with Gasteiger partial charge < -0.3 is 9.47 Å². The Labute approximate surface area is 144 Å². The Morgan fingerprint density at radius 2 is 2.00 bits per heavy atom. The summed E-state index contributed by atoms with van der Waals surface area (Å²) in [5.74, 6) is -0.442. The first-order chi connectivity index (χ1) is 11.6. The number of amides is 1. The molecule has 1 aliphatic carbocycles. The molecule has 4 atom stereocenters. The molecule has 0 N–H and O–H groups in total. The lowest BCUT2D eigenvalue weighted by Crippen LogP contribution is -2.44. The summed E-state index contributed by atoms with van der Waals surface area (Å²) in [6, 6.07) is 8.23. The van der Waals surface area contributed by atoms with E-state index in [0.717, 1.165) is 6.42 Å². The molecule has 1 unspecified atom stereocenters. The van der Waals surface area contributed by atoms with Crippen LogP contribution in [0.2, 0.25) is 0 Å². The highest BCUT2D eigenvalue weighted by Gasteiger charge is 2.63. The number of ether oxygens (including phenoxy) is 2. The normalized spacial score (nSPS) is 31.9. The number of hydrogen-bond donors (Lipinski definition) is 0. The van der Waals surface area contributed by atoms with Gasteiger partial charge in [-0.05, 0) is 51.1 Å². The van der Waals surface area contributed by atoms with Gasteiger partial charge in [0.05, 0.1) is 11.6 Å². The molecular weight excluding hydrogens is 306 g/mol. The quantitative estimate of drug-likeness (QED) is 0.793. The third-order valence-electron chi connectivity index (χ3n) is 4.50. The Hall–Kier alpha value is -2.04. The molecule has 1 saturated carbocycles. The molecule has 1 aromatic carbocycles. The minimum absolute atomic E-state index is 0.00717. The summed E-state index contributed by atoms with van der Waals surface area (Å²) in [6.07, 6.45) is -0.130. The maximum atomic E-state index is 12.6. The van der Waals surface area contributed by atoms with Gasteiger partial charge in [-0.2, -0.15) is 0 Å². The molecule has 0 aromatic heterocycles. The van der Waals surface area contributed by atoms with E-state index in [-0.39, 0.29) is 18.1 Å². The van der Waals surface area contributed by atoms with Gasteiger partial charge in [0.1, 0.15) is 12.2 Å². The standard InChI is InChI=1S/C19H25NO4/c1-18(2,3)24-17(22)20-14(10-19(4)11-15(19)20)12-23-16(21)13-8-6-5-7-9-13/h5-9,14-15H,10-12H2,1-4H3/t14?,15-,19+/m1/s1/i10D/t10-,14?,15+,19-/m0. The number of carbonyl (C=O) groups excluding carboxylic acids is 2. The van der Waals surface area contributed by atoms with Crippen molar-refractivity contribution in [2.24, 2.45) is 5.41 Å². The molecule has 24 heavy (non-hydrogen) atoms. The van der Waals surface area contributed by atoms with Crippen LogP contribution in [0.1, 0.15) is 52.2 Å². The highest BCUT2D eigenvalue weighted by Crippen LogP contribution is 2.59. The summed E-state index contributed by atoms with van der Waals surface area (Å²) >= 11 is 0. The second kappa shape index (κ2) is 5.80. The average molecular weight is 332 g/mol. The lowest BCUT2D eigenvalue weighted by Gasteiger charge is -2.30. The van der Waals surface area contributed by atoms with Gasteiger partial charge in [-0.1, -0.05) is 25.1 Å². The zero-order valence-corrected chi connectivity index (χ0v) is 14.6. The third-order valence-corrected chi connectivity index (χ3v) is 4.50. The number of hydrogen-bond acceptors (Lipinski definition) is 4. The van der Waals surface area contributed by atoms with Crippen molar-refractivity contribution in [3.8, 4) is 0 Å². The van der Waals surface area contributed by atoms with Gasteiger partial charge in [0.15, 0.2) is 0 Å². The van der Waals surface area contributed by atoms with Crippen LogP contribution in [0.5, 0.6) is 0 Å². The van der Waals surface area contributed by atoms with Gasteiger partial charge in [-0.3, -0.25) is 4.90 Å². The molecule has 5 heteroatoms. The third kappa shape index (κ3) is 3.40. The second-order valence-electron chi connectivity index (χ2n) is 7.81. The number of rotatable bonds is 3. The van der Waals surface area contributed by atoms with Crippen LogP contribution >= 0.6 is 0 Å². The molecule has 1 aromatic rings. The van der Waals surface area contributed by atoms with Crippen molar-refractivity contribution in [3.05, 3.63) is 35.9 Å². The number of esters is 1. The van der Waals surface area contributed by atoms with Gasteiger partial charge >= 0.3 is 12.1 Å². The van der Waals surface area contributed by atoms with E-state index in [4.69, 9.17) is 10.8 Å². The number of carbonyl (C=O) groups is 2. The molecule has 2 aliphatic rings. The molecule has 5 nitrogen and oxygen atoms in total. The van der Waals surface area contributed by atoms with Gasteiger partial charge in [0.2, 0.25) is 0 Å². The highest BCUT2D eigenvalue weighted by molar-refractivity contribution is 5.89. The van der Waals surface area contributed by atoms with Gasteiger partial charge in [-0.15, -0.1) is 0 Å². The molecule has 3 rings (SSSR count). The predicted molar refractivity (Wildman–Crippen MR) is 89.7 cm³/mol. The van der Waals surface area contributed by atoms with Crippen molar-refractivity contribution in [3.63, 3.8) is 0 Å². The fraction of sp³-hybridized carbons (Fsp3) is 0.579. The molecule has 1 heterocycles. The van der Waals surface area contributed by atoms with Crippen LogP contribution in [0.15, 0.2) is 30.3 Å². The molecule has 0 spiro atoms. The monoisotopic (exact) mass is 332 g/mol. The van der Waals surface area contributed by atoms with Crippen LogP contribution in [-0.2, 0) is 9.47 Å². The number of likely N-dealkylation sites (tertiary alicyclic amines) is 1. The Morgan fingerprint density at radius 3 is 2.62 bits per heavy atom. The fourth-order valence-electron chi connectivity index (χ4n) is 3.23. The Bertz CT molecular complexity index is 672. The van der Waals surface area contributed by atoms with E-state index >= 15 is 0 Å². The molecule has 2 fully saturated rings. The van der Waals surface area contributed by atoms with E-state index in [1.807, 2.05) is 33.8 Å². The van der Waals surface area contributed by atoms with Gasteiger partial charge in [0.25, 0.3) is 0 Å². The smallest absolute Gasteiger partial charge is 0.410 e. The summed E-state index contributed by atoms with van der Waals surface area (Å²) in [5, 5.41) is 0. The molecule has 0 bridgehead atoms. The van der Waals surface area contributed by atoms with Crippen LogP contribution < -0.4 is 0 Å². The molecule has 0 radical (unpaired) electrons. The summed E-state index contributed by atoms with van der Waals surface area (Å²) in [7, 11) is 0. The zero-order chi connectivity index (χ0) is 18.4. The second-order valence-corrected chi connectivity index (χ2v) is 7.81. The number of piperidine rings is 1. The van der Waals surface area contributed by atoms with Crippen molar-refractivity contribution in [2.45, 2.75) is 58.2 Å². The van der Waals surface area contributed by atoms with Gasteiger partial charge in [-0.25, -0.2) is 9.59 Å². The molecular formula is C19H25NO4. The lowest BCUT2D eigenvalue weighted by molar-refractivity contribution is 0.00570. The van der Waals surface area contributed by atoms with E-state index < -0.39 is 30.1 Å². The maximum absolute atomic E-state index is 12.6. The minimum atomic E-state index is -0.603. The lowest BCUT2D eigenvalue weighted by atomic mass is 10.0. The summed E-state index contributed by atoms with van der Waals surface area (Å²) in [5.41, 5.74) is -0.378. The Balaban J connectivity index is 1.70. The van der Waals surface area contributed by atoms with Crippen LogP contribution in [0.3, 0.4) is 0 Å². The summed E-state index contributed by atoms with van der Waals surface area (Å²) in [6.45, 7) is 7.46.